The van der Waals surface area contributed by atoms with E-state index in [4.69, 9.17) is 0 Å². The van der Waals surface area contributed by atoms with Crippen molar-refractivity contribution in [1.29, 1.82) is 0 Å². The third-order valence-corrected chi connectivity index (χ3v) is 5.80. The number of rotatable bonds is 7. The first kappa shape index (κ1) is 20.1. The van der Waals surface area contributed by atoms with Crippen LogP contribution in [0.25, 0.3) is 0 Å². The van der Waals surface area contributed by atoms with Crippen LogP contribution in [0.15, 0.2) is 47.4 Å². The minimum absolute atomic E-state index is 0.159. The predicted molar refractivity (Wildman–Crippen MR) is 103 cm³/mol. The molecule has 1 amide bonds. The summed E-state index contributed by atoms with van der Waals surface area (Å²) in [6.45, 7) is 4.80. The maximum absolute atomic E-state index is 12.3. The topological polar surface area (TPSA) is 79.7 Å². The minimum Gasteiger partial charge on any atom is -0.326 e. The van der Waals surface area contributed by atoms with Gasteiger partial charge in [0, 0.05) is 11.3 Å². The smallest absolute Gasteiger partial charge is 0.279 e. The summed E-state index contributed by atoms with van der Waals surface area (Å²) in [5.41, 5.74) is 3.50. The Morgan fingerprint density at radius 1 is 1.08 bits per heavy atom. The molecule has 0 saturated carbocycles. The van der Waals surface area contributed by atoms with Crippen LogP contribution in [0, 0.1) is 13.8 Å². The lowest BCUT2D eigenvalue weighted by atomic mass is 10.1. The van der Waals surface area contributed by atoms with Gasteiger partial charge in [0.15, 0.2) is 6.54 Å². The molecular formula is C19H26N3O3S+. The molecule has 7 heteroatoms. The lowest BCUT2D eigenvalue weighted by Gasteiger charge is -2.16. The molecular weight excluding hydrogens is 350 g/mol. The number of hydrogen-bond acceptors (Lipinski definition) is 3. The van der Waals surface area contributed by atoms with Gasteiger partial charge in [-0.3, -0.25) is 4.79 Å². The van der Waals surface area contributed by atoms with Crippen LogP contribution >= 0.6 is 0 Å². The second-order valence-electron chi connectivity index (χ2n) is 6.47. The first-order chi connectivity index (χ1) is 12.2. The molecule has 140 valence electrons. The van der Waals surface area contributed by atoms with Gasteiger partial charge in [-0.1, -0.05) is 30.3 Å². The van der Waals surface area contributed by atoms with E-state index in [9.17, 15) is 13.2 Å². The van der Waals surface area contributed by atoms with Crippen molar-refractivity contribution in [2.45, 2.75) is 25.3 Å². The molecule has 0 aromatic heterocycles. The largest absolute Gasteiger partial charge is 0.326 e. The number of quaternary nitrogens is 1. The van der Waals surface area contributed by atoms with Crippen LogP contribution < -0.4 is 14.9 Å². The van der Waals surface area contributed by atoms with Crippen LogP contribution in [-0.4, -0.2) is 35.0 Å². The van der Waals surface area contributed by atoms with Gasteiger partial charge in [0.1, 0.15) is 6.54 Å². The third-order valence-electron chi connectivity index (χ3n) is 4.25. The number of carbonyl (C=O) groups excluding carboxylic acids is 1. The molecule has 0 aliphatic rings. The van der Waals surface area contributed by atoms with Crippen LogP contribution in [0.4, 0.5) is 5.69 Å². The Kier molecular flexibility index (Phi) is 6.52. The molecule has 1 unspecified atom stereocenters. The molecule has 0 heterocycles. The second kappa shape index (κ2) is 8.44. The summed E-state index contributed by atoms with van der Waals surface area (Å²) in [6, 6.07) is 13.0. The fourth-order valence-electron chi connectivity index (χ4n) is 2.75. The highest BCUT2D eigenvalue weighted by atomic mass is 32.2. The Morgan fingerprint density at radius 2 is 1.77 bits per heavy atom. The Balaban J connectivity index is 2.04. The fraction of sp³-hybridized carbons (Fsp3) is 0.316. The molecule has 0 aliphatic carbocycles. The maximum Gasteiger partial charge on any atom is 0.279 e. The van der Waals surface area contributed by atoms with Gasteiger partial charge in [0.05, 0.1) is 11.9 Å². The number of sulfonamides is 1. The zero-order chi connectivity index (χ0) is 19.3. The van der Waals surface area contributed by atoms with E-state index >= 15 is 0 Å². The average Bonchev–Trinajstić information content (AvgIpc) is 2.58. The minimum atomic E-state index is -3.56. The molecule has 2 aromatic carbocycles. The van der Waals surface area contributed by atoms with Crippen LogP contribution in [0.2, 0.25) is 0 Å². The highest BCUT2D eigenvalue weighted by Crippen LogP contribution is 2.19. The third kappa shape index (κ3) is 5.14. The van der Waals surface area contributed by atoms with Gasteiger partial charge in [0.2, 0.25) is 10.0 Å². The summed E-state index contributed by atoms with van der Waals surface area (Å²) in [5, 5.41) is 2.79. The number of benzene rings is 2. The normalized spacial score (nSPS) is 12.6. The number of amides is 1. The standard InChI is InChI=1S/C19H25N3O3S/c1-14-7-5-6-8-16(14)12-22(4)13-19(23)21-17-10-9-15(2)18(11-17)26(24,25)20-3/h5-11,20H,12-13H2,1-4H3,(H,21,23)/p+1. The van der Waals surface area contributed by atoms with Gasteiger partial charge in [0.25, 0.3) is 5.91 Å². The van der Waals surface area contributed by atoms with Crippen LogP contribution in [-0.2, 0) is 21.4 Å². The van der Waals surface area contributed by atoms with Crippen molar-refractivity contribution in [3.8, 4) is 0 Å². The van der Waals surface area contributed by atoms with Crippen molar-refractivity contribution < 1.29 is 18.1 Å². The first-order valence-corrected chi connectivity index (χ1v) is 9.91. The molecule has 0 spiro atoms. The van der Waals surface area contributed by atoms with E-state index in [0.717, 1.165) is 11.4 Å². The van der Waals surface area contributed by atoms with Crippen LogP contribution in [0.1, 0.15) is 16.7 Å². The quantitative estimate of drug-likeness (QED) is 0.671. The van der Waals surface area contributed by atoms with Gasteiger partial charge < -0.3 is 10.2 Å². The van der Waals surface area contributed by atoms with E-state index in [2.05, 4.69) is 29.1 Å². The summed E-state index contributed by atoms with van der Waals surface area (Å²) < 4.78 is 26.4. The number of likely N-dealkylation sites (N-methyl/N-ethyl adjacent to an activating group) is 1. The summed E-state index contributed by atoms with van der Waals surface area (Å²) in [5.74, 6) is -0.159. The monoisotopic (exact) mass is 376 g/mol. The summed E-state index contributed by atoms with van der Waals surface area (Å²) in [7, 11) is -0.241. The second-order valence-corrected chi connectivity index (χ2v) is 8.33. The predicted octanol–water partition coefficient (Wildman–Crippen LogP) is 0.865. The number of aryl methyl sites for hydroxylation is 2. The molecule has 1 atom stereocenters. The van der Waals surface area contributed by atoms with E-state index < -0.39 is 10.0 Å². The molecule has 6 nitrogen and oxygen atoms in total. The summed E-state index contributed by atoms with van der Waals surface area (Å²) >= 11 is 0. The van der Waals surface area contributed by atoms with Gasteiger partial charge in [-0.25, -0.2) is 13.1 Å². The van der Waals surface area contributed by atoms with Crippen molar-refractivity contribution in [2.24, 2.45) is 0 Å². The summed E-state index contributed by atoms with van der Waals surface area (Å²) in [6.07, 6.45) is 0. The number of nitrogens with one attached hydrogen (secondary N) is 3. The van der Waals surface area contributed by atoms with Crippen molar-refractivity contribution in [3.05, 3.63) is 59.2 Å². The maximum atomic E-state index is 12.3. The highest BCUT2D eigenvalue weighted by Gasteiger charge is 2.17. The molecule has 3 N–H and O–H groups in total. The van der Waals surface area contributed by atoms with E-state index in [1.165, 1.54) is 24.2 Å². The number of anilines is 1. The van der Waals surface area contributed by atoms with Crippen molar-refractivity contribution >= 4 is 21.6 Å². The fourth-order valence-corrected chi connectivity index (χ4v) is 3.75. The van der Waals surface area contributed by atoms with Crippen LogP contribution in [0.3, 0.4) is 0 Å². The average molecular weight is 377 g/mol. The molecule has 2 rings (SSSR count). The highest BCUT2D eigenvalue weighted by molar-refractivity contribution is 7.89. The van der Waals surface area contributed by atoms with E-state index in [1.807, 2.05) is 19.2 Å². The SMILES string of the molecule is CNS(=O)(=O)c1cc(NC(=O)C[NH+](C)Cc2ccccc2C)ccc1C. The number of hydrogen-bond donors (Lipinski definition) is 3. The van der Waals surface area contributed by atoms with Crippen molar-refractivity contribution in [1.82, 2.24) is 4.72 Å². The van der Waals surface area contributed by atoms with Gasteiger partial charge >= 0.3 is 0 Å². The molecule has 2 aromatic rings. The first-order valence-electron chi connectivity index (χ1n) is 8.43. The van der Waals surface area contributed by atoms with Crippen molar-refractivity contribution in [3.63, 3.8) is 0 Å². The van der Waals surface area contributed by atoms with Gasteiger partial charge in [-0.15, -0.1) is 0 Å². The molecule has 26 heavy (non-hydrogen) atoms. The van der Waals surface area contributed by atoms with E-state index in [0.29, 0.717) is 11.3 Å². The van der Waals surface area contributed by atoms with Gasteiger partial charge in [-0.2, -0.15) is 0 Å². The van der Waals surface area contributed by atoms with E-state index in [-0.39, 0.29) is 17.3 Å². The van der Waals surface area contributed by atoms with Crippen LogP contribution in [0.5, 0.6) is 0 Å². The zero-order valence-corrected chi connectivity index (χ0v) is 16.4. The molecule has 0 saturated heterocycles. The summed E-state index contributed by atoms with van der Waals surface area (Å²) in [4.78, 5) is 13.5. The lowest BCUT2D eigenvalue weighted by Crippen LogP contribution is -3.08. The molecule has 0 fully saturated rings. The van der Waals surface area contributed by atoms with Gasteiger partial charge in [-0.05, 0) is 44.2 Å². The zero-order valence-electron chi connectivity index (χ0n) is 15.6. The molecule has 0 aliphatic heterocycles. The Morgan fingerprint density at radius 3 is 2.42 bits per heavy atom. The lowest BCUT2D eigenvalue weighted by molar-refractivity contribution is -0.885. The Hall–Kier alpha value is -2.22. The molecule has 0 bridgehead atoms. The Labute approximate surface area is 155 Å². The van der Waals surface area contributed by atoms with E-state index in [1.54, 1.807) is 19.1 Å². The van der Waals surface area contributed by atoms with Crippen molar-refractivity contribution in [2.75, 3.05) is 26.0 Å². The Bertz CT molecular complexity index is 895. The number of carbonyl (C=O) groups is 1. The molecule has 0 radical (unpaired) electrons.